The first-order chi connectivity index (χ1) is 17.8. The van der Waals surface area contributed by atoms with Crippen molar-refractivity contribution in [1.82, 2.24) is 14.3 Å². The number of morpholine rings is 1. The number of pyridine rings is 1. The maximum Gasteiger partial charge on any atom is 0.253 e. The minimum Gasteiger partial charge on any atom is -0.378 e. The Morgan fingerprint density at radius 3 is 2.43 bits per heavy atom. The van der Waals surface area contributed by atoms with Crippen molar-refractivity contribution in [2.45, 2.75) is 6.92 Å². The van der Waals surface area contributed by atoms with Crippen molar-refractivity contribution in [1.29, 1.82) is 0 Å². The van der Waals surface area contributed by atoms with E-state index in [0.717, 1.165) is 58.9 Å². The van der Waals surface area contributed by atoms with E-state index < -0.39 is 0 Å². The standard InChI is InChI=1S/C28H31FN6O2/c1-18-11-22-24(33(4)28(18)36)12-20(34-7-9-37-10-8-34)13-25(22)35-6-5-31(2)26-14-21(23(29)15-27(26)35)19-16-30-32(3)17-19/h11-17H,5-10H2,1-4H3. The predicted molar refractivity (Wildman–Crippen MR) is 146 cm³/mol. The van der Waals surface area contributed by atoms with Crippen LogP contribution in [0.2, 0.25) is 0 Å². The Balaban J connectivity index is 1.56. The Bertz CT molecular complexity index is 1570. The van der Waals surface area contributed by atoms with E-state index in [-0.39, 0.29) is 11.4 Å². The number of rotatable bonds is 3. The molecule has 2 aliphatic rings. The molecule has 0 radical (unpaired) electrons. The first-order valence-electron chi connectivity index (χ1n) is 12.6. The summed E-state index contributed by atoms with van der Waals surface area (Å²) in [5, 5.41) is 5.20. The molecule has 9 heteroatoms. The molecule has 6 rings (SSSR count). The lowest BCUT2D eigenvalue weighted by molar-refractivity contribution is 0.122. The van der Waals surface area contributed by atoms with Gasteiger partial charge in [-0.05, 0) is 31.2 Å². The van der Waals surface area contributed by atoms with Crippen molar-refractivity contribution in [3.8, 4) is 11.1 Å². The zero-order valence-corrected chi connectivity index (χ0v) is 21.7. The van der Waals surface area contributed by atoms with Gasteiger partial charge in [0.25, 0.3) is 5.56 Å². The van der Waals surface area contributed by atoms with Gasteiger partial charge < -0.3 is 24.0 Å². The molecule has 1 saturated heterocycles. The van der Waals surface area contributed by atoms with Gasteiger partial charge in [0.15, 0.2) is 0 Å². The number of nitrogens with zero attached hydrogens (tertiary/aromatic N) is 6. The van der Waals surface area contributed by atoms with E-state index in [1.165, 1.54) is 0 Å². The van der Waals surface area contributed by atoms with Crippen LogP contribution in [0, 0.1) is 12.7 Å². The third-order valence-corrected chi connectivity index (χ3v) is 7.59. The van der Waals surface area contributed by atoms with Crippen LogP contribution in [-0.2, 0) is 18.8 Å². The lowest BCUT2D eigenvalue weighted by atomic mass is 10.0. The highest BCUT2D eigenvalue weighted by molar-refractivity contribution is 5.99. The van der Waals surface area contributed by atoms with Crippen LogP contribution in [0.4, 0.5) is 27.1 Å². The van der Waals surface area contributed by atoms with Crippen molar-refractivity contribution in [2.75, 3.05) is 61.1 Å². The Morgan fingerprint density at radius 2 is 1.70 bits per heavy atom. The Morgan fingerprint density at radius 1 is 0.919 bits per heavy atom. The van der Waals surface area contributed by atoms with Gasteiger partial charge in [-0.3, -0.25) is 9.48 Å². The first kappa shape index (κ1) is 23.5. The smallest absolute Gasteiger partial charge is 0.253 e. The van der Waals surface area contributed by atoms with Crippen LogP contribution in [0.15, 0.2) is 47.5 Å². The third-order valence-electron chi connectivity index (χ3n) is 7.59. The van der Waals surface area contributed by atoms with E-state index in [1.807, 2.05) is 46.4 Å². The van der Waals surface area contributed by atoms with Crippen LogP contribution in [-0.4, -0.2) is 60.8 Å². The summed E-state index contributed by atoms with van der Waals surface area (Å²) in [5.74, 6) is -0.288. The van der Waals surface area contributed by atoms with Crippen molar-refractivity contribution in [3.05, 3.63) is 64.5 Å². The number of halogens is 1. The average Bonchev–Trinajstić information content (AvgIpc) is 3.33. The summed E-state index contributed by atoms with van der Waals surface area (Å²) < 4.78 is 24.6. The normalized spacial score (nSPS) is 16.0. The minimum absolute atomic E-state index is 0.0106. The highest BCUT2D eigenvalue weighted by Crippen LogP contribution is 2.44. The summed E-state index contributed by atoms with van der Waals surface area (Å²) in [6.07, 6.45) is 3.52. The second-order valence-electron chi connectivity index (χ2n) is 9.99. The molecule has 2 aromatic carbocycles. The number of aryl methyl sites for hydroxylation is 3. The minimum atomic E-state index is -0.288. The average molecular weight is 503 g/mol. The molecule has 0 bridgehead atoms. The largest absolute Gasteiger partial charge is 0.378 e. The summed E-state index contributed by atoms with van der Waals surface area (Å²) >= 11 is 0. The van der Waals surface area contributed by atoms with Gasteiger partial charge in [0.1, 0.15) is 5.82 Å². The molecule has 8 nitrogen and oxygen atoms in total. The molecule has 2 aromatic heterocycles. The Kier molecular flexibility index (Phi) is 5.67. The highest BCUT2D eigenvalue weighted by Gasteiger charge is 2.27. The second-order valence-corrected chi connectivity index (χ2v) is 9.99. The van der Waals surface area contributed by atoms with Crippen LogP contribution >= 0.6 is 0 Å². The summed E-state index contributed by atoms with van der Waals surface area (Å²) in [4.78, 5) is 19.5. The molecule has 0 saturated carbocycles. The van der Waals surface area contributed by atoms with Crippen LogP contribution in [0.25, 0.3) is 22.0 Å². The van der Waals surface area contributed by atoms with Gasteiger partial charge in [-0.1, -0.05) is 0 Å². The predicted octanol–water partition coefficient (Wildman–Crippen LogP) is 3.81. The molecule has 0 aliphatic carbocycles. The van der Waals surface area contributed by atoms with Gasteiger partial charge in [-0.15, -0.1) is 0 Å². The fourth-order valence-electron chi connectivity index (χ4n) is 5.51. The number of hydrogen-bond donors (Lipinski definition) is 0. The number of fused-ring (bicyclic) bond motifs is 2. The topological polar surface area (TPSA) is 58.8 Å². The van der Waals surface area contributed by atoms with Gasteiger partial charge >= 0.3 is 0 Å². The molecule has 1 fully saturated rings. The van der Waals surface area contributed by atoms with E-state index >= 15 is 4.39 Å². The summed E-state index contributed by atoms with van der Waals surface area (Å²) in [6, 6.07) is 9.79. The Hall–Kier alpha value is -3.85. The summed E-state index contributed by atoms with van der Waals surface area (Å²) in [7, 11) is 5.69. The SMILES string of the molecule is Cc1cc2c(N3CCN(C)c4cc(-c5cnn(C)c5)c(F)cc43)cc(N3CCOCC3)cc2n(C)c1=O. The zero-order valence-electron chi connectivity index (χ0n) is 21.7. The van der Waals surface area contributed by atoms with Crippen LogP contribution < -0.4 is 20.3 Å². The quantitative estimate of drug-likeness (QED) is 0.425. The fraction of sp³-hybridized carbons (Fsp3) is 0.357. The van der Waals surface area contributed by atoms with Gasteiger partial charge in [0, 0.05) is 87.3 Å². The summed E-state index contributed by atoms with van der Waals surface area (Å²) in [5.41, 5.74) is 6.60. The number of ether oxygens (including phenoxy) is 1. The van der Waals surface area contributed by atoms with Crippen molar-refractivity contribution >= 4 is 33.7 Å². The molecule has 0 unspecified atom stereocenters. The lowest BCUT2D eigenvalue weighted by Crippen LogP contribution is -2.38. The van der Waals surface area contributed by atoms with Crippen LogP contribution in [0.3, 0.4) is 0 Å². The fourth-order valence-corrected chi connectivity index (χ4v) is 5.51. The number of anilines is 4. The number of hydrogen-bond acceptors (Lipinski definition) is 6. The zero-order chi connectivity index (χ0) is 25.8. The maximum absolute atomic E-state index is 15.6. The second kappa shape index (κ2) is 8.92. The molecule has 4 aromatic rings. The molecule has 2 aliphatic heterocycles. The molecule has 0 N–H and O–H groups in total. The number of benzene rings is 2. The number of likely N-dealkylation sites (N-methyl/N-ethyl adjacent to an activating group) is 1. The summed E-state index contributed by atoms with van der Waals surface area (Å²) in [6.45, 7) is 6.22. The van der Waals surface area contributed by atoms with E-state index in [4.69, 9.17) is 4.74 Å². The first-order valence-corrected chi connectivity index (χ1v) is 12.6. The van der Waals surface area contributed by atoms with E-state index in [9.17, 15) is 4.79 Å². The molecular formula is C28H31FN6O2. The van der Waals surface area contributed by atoms with Crippen LogP contribution in [0.1, 0.15) is 5.56 Å². The molecule has 37 heavy (non-hydrogen) atoms. The number of aromatic nitrogens is 3. The molecular weight excluding hydrogens is 471 g/mol. The Labute approximate surface area is 215 Å². The van der Waals surface area contributed by atoms with Crippen molar-refractivity contribution in [2.24, 2.45) is 14.1 Å². The van der Waals surface area contributed by atoms with E-state index in [0.29, 0.717) is 30.9 Å². The molecule has 4 heterocycles. The van der Waals surface area contributed by atoms with Crippen LogP contribution in [0.5, 0.6) is 0 Å². The van der Waals surface area contributed by atoms with Gasteiger partial charge in [-0.25, -0.2) is 4.39 Å². The maximum atomic E-state index is 15.6. The monoisotopic (exact) mass is 502 g/mol. The molecule has 0 atom stereocenters. The van der Waals surface area contributed by atoms with E-state index in [1.54, 1.807) is 21.5 Å². The highest BCUT2D eigenvalue weighted by atomic mass is 19.1. The van der Waals surface area contributed by atoms with Crippen molar-refractivity contribution < 1.29 is 9.13 Å². The molecule has 192 valence electrons. The molecule has 0 amide bonds. The molecule has 0 spiro atoms. The van der Waals surface area contributed by atoms with Gasteiger partial charge in [-0.2, -0.15) is 5.10 Å². The van der Waals surface area contributed by atoms with Gasteiger partial charge in [0.2, 0.25) is 0 Å². The van der Waals surface area contributed by atoms with Gasteiger partial charge in [0.05, 0.1) is 42.0 Å². The van der Waals surface area contributed by atoms with E-state index in [2.05, 4.69) is 31.9 Å². The third kappa shape index (κ3) is 3.94. The van der Waals surface area contributed by atoms with Crippen molar-refractivity contribution in [3.63, 3.8) is 0 Å². The lowest BCUT2D eigenvalue weighted by Gasteiger charge is -2.39.